The Balaban J connectivity index is 4.26. The molecule has 0 saturated carbocycles. The predicted molar refractivity (Wildman–Crippen MR) is 226 cm³/mol. The summed E-state index contributed by atoms with van der Waals surface area (Å²) in [5.41, 5.74) is 0. The van der Waals surface area contributed by atoms with Crippen molar-refractivity contribution >= 4 is 78.2 Å². The number of phosphoric ester groups is 10. The average Bonchev–Trinajstić information content (AvgIpc) is 3.30. The van der Waals surface area contributed by atoms with Crippen LogP contribution in [0.1, 0.15) is 26.7 Å². The molecule has 12 atom stereocenters. The predicted octanol–water partition coefficient (Wildman–Crippen LogP) is -3.98. The van der Waals surface area contributed by atoms with E-state index in [2.05, 4.69) is 86.0 Å². The molecule has 0 aromatic rings. The maximum absolute atomic E-state index is 11.8. The Hall–Kier alpha value is 1.06. The highest BCUT2D eigenvalue weighted by Crippen LogP contribution is 2.46. The molecule has 12 unspecified atom stereocenters. The van der Waals surface area contributed by atoms with E-state index in [1.165, 1.54) is 6.92 Å². The van der Waals surface area contributed by atoms with Crippen LogP contribution in [-0.4, -0.2) is 142 Å². The topological polar surface area (TPSA) is 617 Å². The monoisotopic (exact) mass is 1330 g/mol. The molecule has 41 nitrogen and oxygen atoms in total. The SMILES string of the molecule is CCC(CO)COP(=O)([O-])OCCOP(=O)([O-])OCCOP(=O)([O-])OCCOP(=O)([O-])OCCOP(=O)([O-])OCCOP(=O)([O-])OCCOP(=O)([O-])OCCOP(=O)([O-])OCCOP(=O)([O-])OCC(CC)COP(=O)([O-])O. The van der Waals surface area contributed by atoms with Crippen molar-refractivity contribution in [2.45, 2.75) is 26.7 Å². The molecule has 0 aliphatic heterocycles. The molecule has 0 fully saturated rings. The number of aliphatic hydroxyl groups excluding tert-OH is 1. The highest BCUT2D eigenvalue weighted by atomic mass is 31.2. The van der Waals surface area contributed by atoms with Gasteiger partial charge >= 0.3 is 0 Å². The van der Waals surface area contributed by atoms with Gasteiger partial charge in [-0.3, -0.25) is 45.7 Å². The Bertz CT molecular complexity index is 2150. The summed E-state index contributed by atoms with van der Waals surface area (Å²) in [7, 11) is -51.7. The maximum Gasteiger partial charge on any atom is 0.268 e. The van der Waals surface area contributed by atoms with E-state index >= 15 is 0 Å². The second kappa shape index (κ2) is 38.2. The maximum atomic E-state index is 11.8. The average molecular weight is 1330 g/mol. The fourth-order valence-corrected chi connectivity index (χ4v) is 10.5. The molecule has 77 heavy (non-hydrogen) atoms. The Morgan fingerprint density at radius 1 is 0.273 bits per heavy atom. The molecule has 464 valence electrons. The zero-order valence-corrected chi connectivity index (χ0v) is 48.9. The van der Waals surface area contributed by atoms with E-state index in [-0.39, 0.29) is 13.0 Å². The van der Waals surface area contributed by atoms with Gasteiger partial charge in [-0.15, -0.1) is 0 Å². The molecule has 51 heteroatoms. The summed E-state index contributed by atoms with van der Waals surface area (Å²) >= 11 is 0. The van der Waals surface area contributed by atoms with Crippen LogP contribution in [0.5, 0.6) is 0 Å². The summed E-state index contributed by atoms with van der Waals surface area (Å²) < 4.78 is 199. The van der Waals surface area contributed by atoms with Crippen molar-refractivity contribution < 1.29 is 191 Å². The summed E-state index contributed by atoms with van der Waals surface area (Å²) in [5.74, 6) is -1.32. The third-order valence-electron chi connectivity index (χ3n) is 7.48. The number of rotatable bonds is 52. The highest BCUT2D eigenvalue weighted by molar-refractivity contribution is 7.48. The van der Waals surface area contributed by atoms with Gasteiger partial charge in [0.1, 0.15) is 0 Å². The van der Waals surface area contributed by atoms with E-state index in [0.717, 1.165) is 0 Å². The summed E-state index contributed by atoms with van der Waals surface area (Å²) in [6.07, 6.45) is 0.540. The first-order valence-corrected chi connectivity index (χ1v) is 35.6. The van der Waals surface area contributed by atoms with Gasteiger partial charge < -0.3 is 145 Å². The first-order valence-electron chi connectivity index (χ1n) is 21.0. The fraction of sp³-hybridized carbons (Fsp3) is 1.00. The Labute approximate surface area is 438 Å². The van der Waals surface area contributed by atoms with E-state index in [9.17, 15) is 94.6 Å². The lowest BCUT2D eigenvalue weighted by molar-refractivity contribution is -0.239. The van der Waals surface area contributed by atoms with Gasteiger partial charge in [-0.25, -0.2) is 0 Å². The van der Waals surface area contributed by atoms with Crippen molar-refractivity contribution in [3.63, 3.8) is 0 Å². The minimum Gasteiger partial charge on any atom is -0.756 e. The van der Waals surface area contributed by atoms with Crippen LogP contribution in [0.25, 0.3) is 0 Å². The molecule has 0 amide bonds. The van der Waals surface area contributed by atoms with Crippen LogP contribution in [0.3, 0.4) is 0 Å². The van der Waals surface area contributed by atoms with Crippen molar-refractivity contribution in [3.05, 3.63) is 0 Å². The van der Waals surface area contributed by atoms with Crippen LogP contribution < -0.4 is 48.9 Å². The lowest BCUT2D eigenvalue weighted by atomic mass is 10.1. The zero-order chi connectivity index (χ0) is 59.1. The van der Waals surface area contributed by atoms with Gasteiger partial charge in [0.2, 0.25) is 0 Å². The van der Waals surface area contributed by atoms with Crippen molar-refractivity contribution in [2.24, 2.45) is 11.8 Å². The zero-order valence-electron chi connectivity index (χ0n) is 40.0. The Morgan fingerprint density at radius 2 is 0.416 bits per heavy atom. The van der Waals surface area contributed by atoms with Crippen molar-refractivity contribution in [1.82, 2.24) is 0 Å². The van der Waals surface area contributed by atoms with Crippen molar-refractivity contribution in [2.75, 3.05) is 132 Å². The third-order valence-corrected chi connectivity index (χ3v) is 16.9. The number of aliphatic hydroxyl groups is 1. The van der Waals surface area contributed by atoms with Gasteiger partial charge in [0.05, 0.1) is 126 Å². The molecule has 0 saturated heterocycles. The molecule has 0 aliphatic rings. The van der Waals surface area contributed by atoms with Gasteiger partial charge in [0.25, 0.3) is 78.2 Å². The van der Waals surface area contributed by atoms with Gasteiger partial charge in [0, 0.05) is 18.4 Å². The summed E-state index contributed by atoms with van der Waals surface area (Å²) in [6, 6.07) is 0. The largest absolute Gasteiger partial charge is 0.756 e. The van der Waals surface area contributed by atoms with Crippen molar-refractivity contribution in [3.8, 4) is 0 Å². The first-order chi connectivity index (χ1) is 35.3. The molecule has 0 spiro atoms. The molecule has 0 rings (SSSR count). The molecule has 0 aromatic heterocycles. The van der Waals surface area contributed by atoms with Gasteiger partial charge in [-0.2, -0.15) is 0 Å². The summed E-state index contributed by atoms with van der Waals surface area (Å²) in [6.45, 7) is -14.8. The molecule has 2 N–H and O–H groups in total. The first kappa shape index (κ1) is 78.1. The number of hydrogen-bond donors (Lipinski definition) is 2. The van der Waals surface area contributed by atoms with Crippen LogP contribution in [0, 0.1) is 11.8 Å². The van der Waals surface area contributed by atoms with Crippen LogP contribution in [0.2, 0.25) is 0 Å². The standard InChI is InChI=1S/C26H64O41P10/c1-3-25(21-27)22-66-76(45,46)63-19-17-61-74(41,42)59-15-13-57-72(37,38)55-11-9-53-70(33,34)51-7-5-49-69(31,32)50-6-8-52-71(35,36)54-10-12-56-73(39,40)58-14-16-60-75(43,44)62-18-20-64-77(47,48)67-24-26(4-2)23-65-68(28,29)30/h25-27H,3-24H2,1-2H3,(H,31,32)(H,33,34)(H,35,36)(H,37,38)(H,39,40)(H,41,42)(H,43,44)(H,45,46)(H,47,48)(H2,28,29,30)/p-10. The van der Waals surface area contributed by atoms with Crippen LogP contribution in [0.15, 0.2) is 0 Å². The minimum absolute atomic E-state index is 0.149. The van der Waals surface area contributed by atoms with E-state index in [4.69, 9.17) is 10.00 Å². The molecule has 0 radical (unpaired) electrons. The lowest BCUT2D eigenvalue weighted by Gasteiger charge is -2.27. The fourth-order valence-electron chi connectivity index (χ4n) is 3.90. The molecule has 0 aromatic carbocycles. The smallest absolute Gasteiger partial charge is 0.268 e. The second-order valence-electron chi connectivity index (χ2n) is 13.4. The third kappa shape index (κ3) is 46.1. The molecule has 0 heterocycles. The Kier molecular flexibility index (Phi) is 38.7. The minimum atomic E-state index is -5.29. The van der Waals surface area contributed by atoms with Crippen molar-refractivity contribution in [1.29, 1.82) is 0 Å². The van der Waals surface area contributed by atoms with Crippen LogP contribution in [-0.2, 0) is 132 Å². The molecular weight excluding hydrogens is 1280 g/mol. The van der Waals surface area contributed by atoms with Crippen LogP contribution >= 0.6 is 78.2 Å². The van der Waals surface area contributed by atoms with E-state index in [1.54, 1.807) is 6.92 Å². The number of hydrogen-bond acceptors (Lipinski definition) is 40. The highest BCUT2D eigenvalue weighted by Gasteiger charge is 2.21. The van der Waals surface area contributed by atoms with E-state index < -0.39 is 216 Å². The second-order valence-corrected chi connectivity index (χ2v) is 27.3. The van der Waals surface area contributed by atoms with Gasteiger partial charge in [0.15, 0.2) is 0 Å². The molecule has 0 aliphatic carbocycles. The Morgan fingerprint density at radius 3 is 0.558 bits per heavy atom. The lowest BCUT2D eigenvalue weighted by Crippen LogP contribution is -2.20. The van der Waals surface area contributed by atoms with Gasteiger partial charge in [-0.1, -0.05) is 13.8 Å². The van der Waals surface area contributed by atoms with E-state index in [1.807, 2.05) is 0 Å². The normalized spacial score (nSPS) is 21.1. The molecular formula is C26H54O41P10-10. The van der Waals surface area contributed by atoms with E-state index in [0.29, 0.717) is 6.42 Å². The number of phosphoric acid groups is 10. The quantitative estimate of drug-likeness (QED) is 0.0433. The summed E-state index contributed by atoms with van der Waals surface area (Å²) in [4.78, 5) is 125. The van der Waals surface area contributed by atoms with Gasteiger partial charge in [-0.05, 0) is 12.8 Å². The molecule has 0 bridgehead atoms. The summed E-state index contributed by atoms with van der Waals surface area (Å²) in [5, 5.41) is 9.04. The van der Waals surface area contributed by atoms with Crippen LogP contribution in [0.4, 0.5) is 0 Å².